The minimum atomic E-state index is -4.85. The molecule has 3 unspecified atom stereocenters. The zero-order valence-electron chi connectivity index (χ0n) is 24.2. The maximum atomic E-state index is 13.1. The van der Waals surface area contributed by atoms with E-state index < -0.39 is 33.3 Å². The molecule has 7 nitrogen and oxygen atoms in total. The molecule has 0 aromatic rings. The van der Waals surface area contributed by atoms with Crippen LogP contribution in [-0.4, -0.2) is 41.4 Å². The molecule has 38 heavy (non-hydrogen) atoms. The van der Waals surface area contributed by atoms with Crippen molar-refractivity contribution in [3.05, 3.63) is 11.6 Å². The van der Waals surface area contributed by atoms with Gasteiger partial charge in [0.1, 0.15) is 5.41 Å². The van der Waals surface area contributed by atoms with Crippen LogP contribution in [0.5, 0.6) is 0 Å². The summed E-state index contributed by atoms with van der Waals surface area (Å²) in [4.78, 5) is 13.1. The Morgan fingerprint density at radius 2 is 1.61 bits per heavy atom. The van der Waals surface area contributed by atoms with Crippen molar-refractivity contribution in [1.82, 2.24) is 0 Å². The number of aliphatic hydroxyl groups is 1. The van der Waals surface area contributed by atoms with Gasteiger partial charge >= 0.3 is 16.4 Å². The van der Waals surface area contributed by atoms with E-state index in [1.165, 1.54) is 5.57 Å². The molecule has 5 aliphatic rings. The highest BCUT2D eigenvalue weighted by atomic mass is 32.3. The van der Waals surface area contributed by atoms with E-state index in [-0.39, 0.29) is 40.1 Å². The van der Waals surface area contributed by atoms with Crippen molar-refractivity contribution in [2.45, 2.75) is 118 Å². The van der Waals surface area contributed by atoms with Crippen LogP contribution >= 0.6 is 0 Å². The number of hydrogen-bond donors (Lipinski definition) is 3. The summed E-state index contributed by atoms with van der Waals surface area (Å²) in [5, 5.41) is 21.6. The molecule has 4 saturated carbocycles. The van der Waals surface area contributed by atoms with Gasteiger partial charge in [-0.2, -0.15) is 8.42 Å². The number of rotatable bonds is 3. The predicted molar refractivity (Wildman–Crippen MR) is 144 cm³/mol. The summed E-state index contributed by atoms with van der Waals surface area (Å²) in [6.07, 6.45) is 7.23. The summed E-state index contributed by atoms with van der Waals surface area (Å²) in [6.45, 7) is 15.7. The van der Waals surface area contributed by atoms with Crippen LogP contribution < -0.4 is 0 Å². The van der Waals surface area contributed by atoms with E-state index in [0.29, 0.717) is 31.1 Å². The molecule has 216 valence electrons. The van der Waals surface area contributed by atoms with Crippen LogP contribution in [0.2, 0.25) is 0 Å². The molecule has 0 aliphatic heterocycles. The van der Waals surface area contributed by atoms with Crippen molar-refractivity contribution in [2.75, 3.05) is 0 Å². The molecular formula is C30H48O7S. The minimum absolute atomic E-state index is 0.00729. The molecule has 5 rings (SSSR count). The van der Waals surface area contributed by atoms with E-state index in [1.54, 1.807) is 0 Å². The number of carboxylic acids is 1. The van der Waals surface area contributed by atoms with E-state index in [4.69, 9.17) is 4.18 Å². The second kappa shape index (κ2) is 8.29. The monoisotopic (exact) mass is 552 g/mol. The van der Waals surface area contributed by atoms with Gasteiger partial charge in [0.05, 0.1) is 12.2 Å². The molecule has 0 spiro atoms. The Hall–Kier alpha value is -0.960. The predicted octanol–water partition coefficient (Wildman–Crippen LogP) is 6.03. The zero-order chi connectivity index (χ0) is 28.3. The molecule has 5 aliphatic carbocycles. The molecule has 0 aromatic carbocycles. The van der Waals surface area contributed by atoms with Crippen molar-refractivity contribution in [1.29, 1.82) is 0 Å². The second-order valence-corrected chi connectivity index (χ2v) is 16.7. The Labute approximate surface area is 228 Å². The highest BCUT2D eigenvalue weighted by Crippen LogP contribution is 2.76. The van der Waals surface area contributed by atoms with Gasteiger partial charge in [-0.15, -0.1) is 0 Å². The normalized spacial score (nSPS) is 49.5. The molecule has 4 fully saturated rings. The Morgan fingerprint density at radius 3 is 2.21 bits per heavy atom. The van der Waals surface area contributed by atoms with Gasteiger partial charge in [-0.1, -0.05) is 60.1 Å². The smallest absolute Gasteiger partial charge is 0.397 e. The molecule has 0 aromatic heterocycles. The minimum Gasteiger partial charge on any atom is -0.481 e. The van der Waals surface area contributed by atoms with Crippen LogP contribution in [-0.2, 0) is 19.4 Å². The first kappa shape index (κ1) is 28.6. The lowest BCUT2D eigenvalue weighted by molar-refractivity contribution is -0.216. The van der Waals surface area contributed by atoms with Crippen LogP contribution in [0, 0.1) is 50.2 Å². The van der Waals surface area contributed by atoms with Crippen LogP contribution in [0.4, 0.5) is 0 Å². The Balaban J connectivity index is 1.68. The molecule has 8 heteroatoms. The summed E-state index contributed by atoms with van der Waals surface area (Å²) in [7, 11) is -4.85. The molecule has 0 heterocycles. The fraction of sp³-hybridized carbons (Fsp3) is 0.900. The van der Waals surface area contributed by atoms with Crippen LogP contribution in [0.1, 0.15) is 106 Å². The molecule has 0 bridgehead atoms. The lowest BCUT2D eigenvalue weighted by Crippen LogP contribution is -2.68. The van der Waals surface area contributed by atoms with Crippen molar-refractivity contribution >= 4 is 16.4 Å². The van der Waals surface area contributed by atoms with E-state index in [0.717, 1.165) is 32.1 Å². The Bertz CT molecular complexity index is 1160. The van der Waals surface area contributed by atoms with Crippen molar-refractivity contribution < 1.29 is 32.2 Å². The summed E-state index contributed by atoms with van der Waals surface area (Å²) in [5.74, 6) is -0.701. The summed E-state index contributed by atoms with van der Waals surface area (Å²) < 4.78 is 39.5. The number of hydrogen-bond acceptors (Lipinski definition) is 5. The fourth-order valence-electron chi connectivity index (χ4n) is 11.0. The van der Waals surface area contributed by atoms with Crippen LogP contribution in [0.3, 0.4) is 0 Å². The Morgan fingerprint density at radius 1 is 0.947 bits per heavy atom. The first-order valence-electron chi connectivity index (χ1n) is 14.5. The maximum Gasteiger partial charge on any atom is 0.397 e. The lowest BCUT2D eigenvalue weighted by Gasteiger charge is -2.71. The van der Waals surface area contributed by atoms with Crippen molar-refractivity contribution in [3.63, 3.8) is 0 Å². The molecule has 9 atom stereocenters. The molecule has 3 N–H and O–H groups in total. The summed E-state index contributed by atoms with van der Waals surface area (Å²) >= 11 is 0. The highest BCUT2D eigenvalue weighted by molar-refractivity contribution is 7.80. The van der Waals surface area contributed by atoms with E-state index in [9.17, 15) is 28.0 Å². The number of aliphatic carboxylic acids is 1. The number of carbonyl (C=O) groups is 1. The summed E-state index contributed by atoms with van der Waals surface area (Å²) in [6, 6.07) is 0. The third kappa shape index (κ3) is 3.68. The summed E-state index contributed by atoms with van der Waals surface area (Å²) in [5.41, 5.74) is -1.17. The number of aliphatic hydroxyl groups excluding tert-OH is 1. The average molecular weight is 553 g/mol. The topological polar surface area (TPSA) is 121 Å². The Kier molecular flexibility index (Phi) is 6.23. The van der Waals surface area contributed by atoms with Gasteiger partial charge in [-0.3, -0.25) is 9.35 Å². The van der Waals surface area contributed by atoms with Gasteiger partial charge in [0.25, 0.3) is 0 Å². The quantitative estimate of drug-likeness (QED) is 0.289. The van der Waals surface area contributed by atoms with Gasteiger partial charge in [0, 0.05) is 0 Å². The lowest BCUT2D eigenvalue weighted by atomic mass is 9.33. The van der Waals surface area contributed by atoms with Crippen LogP contribution in [0.25, 0.3) is 0 Å². The fourth-order valence-corrected chi connectivity index (χ4v) is 11.5. The zero-order valence-corrected chi connectivity index (χ0v) is 25.0. The van der Waals surface area contributed by atoms with Crippen molar-refractivity contribution in [2.24, 2.45) is 50.2 Å². The molecule has 0 radical (unpaired) electrons. The first-order valence-corrected chi connectivity index (χ1v) is 15.9. The van der Waals surface area contributed by atoms with Gasteiger partial charge in [-0.05, 0) is 103 Å². The largest absolute Gasteiger partial charge is 0.481 e. The number of carboxylic acid groups (broad SMARTS) is 1. The number of fused-ring (bicyclic) bond motifs is 7. The number of allylic oxidation sites excluding steroid dienone is 2. The average Bonchev–Trinajstić information content (AvgIpc) is 2.75. The molecule has 0 saturated heterocycles. The van der Waals surface area contributed by atoms with Crippen LogP contribution in [0.15, 0.2) is 11.6 Å². The van der Waals surface area contributed by atoms with Gasteiger partial charge in [-0.25, -0.2) is 4.18 Å². The second-order valence-electron chi connectivity index (χ2n) is 15.7. The van der Waals surface area contributed by atoms with Gasteiger partial charge in [0.2, 0.25) is 0 Å². The third-order valence-corrected chi connectivity index (χ3v) is 13.7. The highest BCUT2D eigenvalue weighted by Gasteiger charge is 2.72. The van der Waals surface area contributed by atoms with Gasteiger partial charge in [0.15, 0.2) is 0 Å². The first-order chi connectivity index (χ1) is 17.2. The molecular weight excluding hydrogens is 504 g/mol. The third-order valence-electron chi connectivity index (χ3n) is 13.3. The van der Waals surface area contributed by atoms with Crippen molar-refractivity contribution in [3.8, 4) is 0 Å². The van der Waals surface area contributed by atoms with E-state index >= 15 is 0 Å². The van der Waals surface area contributed by atoms with E-state index in [1.807, 2.05) is 0 Å². The van der Waals surface area contributed by atoms with Gasteiger partial charge < -0.3 is 10.2 Å². The van der Waals surface area contributed by atoms with E-state index in [2.05, 4.69) is 54.5 Å². The standard InChI is InChI=1S/C30H48O7S/c1-25(2)14-15-30(24(32)33)19(16-25)18-8-9-21-27(5)12-11-22(31)26(3,4)20(27)10-13-28(21,6)29(18,7)17-23(30)37-38(34,35)36/h8,19-23,31H,9-17H2,1-7H3,(H,32,33)(H,34,35,36)/t19?,20?,21?,22-,23+,27-,28+,29+,30+/m0/s1. The molecule has 0 amide bonds. The maximum absolute atomic E-state index is 13.1. The SMILES string of the molecule is CC1(C)CC[C@@]2(C(=O)O)C(C1)C1=CCC3[C@@]4(C)CC[C@H](O)C(C)(C)C4CC[C@@]3(C)[C@]1(C)C[C@H]2OS(=O)(=O)O.